The van der Waals surface area contributed by atoms with Gasteiger partial charge in [-0.15, -0.1) is 0 Å². The normalized spacial score (nSPS) is 9.93. The summed E-state index contributed by atoms with van der Waals surface area (Å²) in [5, 5.41) is 3.27. The molecule has 76 valence electrons. The molecule has 0 aliphatic heterocycles. The molecule has 5 heteroatoms. The Morgan fingerprint density at radius 1 is 1.47 bits per heavy atom. The zero-order chi connectivity index (χ0) is 10.7. The van der Waals surface area contributed by atoms with E-state index >= 15 is 0 Å². The molecule has 1 aromatic carbocycles. The Bertz CT molecular complexity index is 467. The number of rotatable bonds is 1. The summed E-state index contributed by atoms with van der Waals surface area (Å²) in [6.07, 6.45) is 4.54. The van der Waals surface area contributed by atoms with Crippen LogP contribution in [-0.2, 0) is 0 Å². The fourth-order valence-electron chi connectivity index (χ4n) is 1.13. The fraction of sp³-hybridized carbons (Fsp3) is 0. The molecule has 0 radical (unpaired) electrons. The van der Waals surface area contributed by atoms with Crippen LogP contribution in [0.3, 0.4) is 0 Å². The minimum Gasteiger partial charge on any atom is -0.307 e. The highest BCUT2D eigenvalue weighted by atomic mass is 35.5. The van der Waals surface area contributed by atoms with Crippen LogP contribution < -0.4 is 5.32 Å². The molecule has 0 unspecified atom stereocenters. The number of carbonyl (C=O) groups excluding carboxylic acids is 1. The van der Waals surface area contributed by atoms with Crippen molar-refractivity contribution in [3.05, 3.63) is 48.0 Å². The minimum atomic E-state index is -0.269. The molecule has 2 aromatic rings. The number of nitrogens with zero attached hydrogens (tertiary/aromatic N) is 2. The lowest BCUT2D eigenvalue weighted by Gasteiger charge is -2.04. The summed E-state index contributed by atoms with van der Waals surface area (Å²) < 4.78 is 1.35. The third kappa shape index (κ3) is 2.35. The van der Waals surface area contributed by atoms with Crippen molar-refractivity contribution in [2.24, 2.45) is 0 Å². The number of halogens is 1. The number of anilines is 1. The predicted molar refractivity (Wildman–Crippen MR) is 58.1 cm³/mol. The van der Waals surface area contributed by atoms with Crippen molar-refractivity contribution in [3.63, 3.8) is 0 Å². The fourth-order valence-corrected chi connectivity index (χ4v) is 1.32. The molecule has 0 atom stereocenters. The highest BCUT2D eigenvalue weighted by molar-refractivity contribution is 6.30. The van der Waals surface area contributed by atoms with Crippen LogP contribution >= 0.6 is 11.6 Å². The Morgan fingerprint density at radius 2 is 2.33 bits per heavy atom. The van der Waals surface area contributed by atoms with Gasteiger partial charge >= 0.3 is 6.03 Å². The average Bonchev–Trinajstić information content (AvgIpc) is 2.70. The van der Waals surface area contributed by atoms with Gasteiger partial charge in [-0.1, -0.05) is 17.7 Å². The molecule has 4 nitrogen and oxygen atoms in total. The molecule has 1 heterocycles. The maximum absolute atomic E-state index is 11.6. The molecule has 15 heavy (non-hydrogen) atoms. The topological polar surface area (TPSA) is 46.9 Å². The summed E-state index contributed by atoms with van der Waals surface area (Å²) in [5.41, 5.74) is 0.654. The molecule has 2 rings (SSSR count). The lowest BCUT2D eigenvalue weighted by Crippen LogP contribution is -2.17. The van der Waals surface area contributed by atoms with E-state index in [9.17, 15) is 4.79 Å². The number of imidazole rings is 1. The van der Waals surface area contributed by atoms with Gasteiger partial charge in [-0.05, 0) is 18.2 Å². The van der Waals surface area contributed by atoms with E-state index in [4.69, 9.17) is 11.6 Å². The van der Waals surface area contributed by atoms with Gasteiger partial charge in [0.05, 0.1) is 0 Å². The number of benzene rings is 1. The number of hydrogen-bond donors (Lipinski definition) is 1. The number of carbonyl (C=O) groups is 1. The summed E-state index contributed by atoms with van der Waals surface area (Å²) >= 11 is 5.78. The number of nitrogens with one attached hydrogen (secondary N) is 1. The second-order valence-electron chi connectivity index (χ2n) is 2.91. The summed E-state index contributed by atoms with van der Waals surface area (Å²) in [6.45, 7) is 0. The van der Waals surface area contributed by atoms with Gasteiger partial charge in [0, 0.05) is 23.1 Å². The Kier molecular flexibility index (Phi) is 2.69. The maximum atomic E-state index is 11.6. The van der Waals surface area contributed by atoms with Crippen molar-refractivity contribution < 1.29 is 4.79 Å². The lowest BCUT2D eigenvalue weighted by molar-refractivity contribution is 0.253. The van der Waals surface area contributed by atoms with E-state index in [0.29, 0.717) is 10.7 Å². The predicted octanol–water partition coefficient (Wildman–Crippen LogP) is 2.62. The molecular weight excluding hydrogens is 214 g/mol. The van der Waals surface area contributed by atoms with Gasteiger partial charge in [0.1, 0.15) is 6.33 Å². The van der Waals surface area contributed by atoms with Gasteiger partial charge in [-0.25, -0.2) is 9.78 Å². The van der Waals surface area contributed by atoms with E-state index in [1.165, 1.54) is 17.1 Å². The molecule has 0 spiro atoms. The van der Waals surface area contributed by atoms with Gasteiger partial charge in [-0.3, -0.25) is 4.57 Å². The first kappa shape index (κ1) is 9.73. The van der Waals surface area contributed by atoms with E-state index in [2.05, 4.69) is 10.3 Å². The first-order valence-electron chi connectivity index (χ1n) is 4.30. The van der Waals surface area contributed by atoms with Crippen molar-refractivity contribution in [2.45, 2.75) is 0 Å². The lowest BCUT2D eigenvalue weighted by atomic mass is 10.3. The molecule has 1 amide bonds. The van der Waals surface area contributed by atoms with Crippen LogP contribution in [0.15, 0.2) is 43.0 Å². The highest BCUT2D eigenvalue weighted by Crippen LogP contribution is 2.14. The standard InChI is InChI=1S/C10H8ClN3O/c11-8-2-1-3-9(6-8)13-10(15)14-5-4-12-7-14/h1-7H,(H,13,15). The SMILES string of the molecule is O=C(Nc1cccc(Cl)c1)n1ccnc1. The van der Waals surface area contributed by atoms with Gasteiger partial charge in [0.25, 0.3) is 0 Å². The summed E-state index contributed by atoms with van der Waals surface area (Å²) in [6, 6.07) is 6.69. The van der Waals surface area contributed by atoms with Crippen LogP contribution in [0.4, 0.5) is 10.5 Å². The van der Waals surface area contributed by atoms with Gasteiger partial charge in [0.2, 0.25) is 0 Å². The van der Waals surface area contributed by atoms with Gasteiger partial charge in [0.15, 0.2) is 0 Å². The number of aromatic nitrogens is 2. The number of hydrogen-bond acceptors (Lipinski definition) is 2. The Hall–Kier alpha value is -1.81. The molecule has 0 saturated heterocycles. The molecule has 0 aliphatic rings. The van der Waals surface area contributed by atoms with E-state index in [0.717, 1.165) is 0 Å². The van der Waals surface area contributed by atoms with Crippen LogP contribution in [0.25, 0.3) is 0 Å². The van der Waals surface area contributed by atoms with E-state index < -0.39 is 0 Å². The van der Waals surface area contributed by atoms with Crippen molar-refractivity contribution in [2.75, 3.05) is 5.32 Å². The molecular formula is C10H8ClN3O. The van der Waals surface area contributed by atoms with Crippen LogP contribution in [0, 0.1) is 0 Å². The summed E-state index contributed by atoms with van der Waals surface area (Å²) in [5.74, 6) is 0. The number of amides is 1. The first-order chi connectivity index (χ1) is 7.25. The van der Waals surface area contributed by atoms with Crippen LogP contribution in [0.1, 0.15) is 0 Å². The largest absolute Gasteiger partial charge is 0.331 e. The van der Waals surface area contributed by atoms with Crippen LogP contribution in [-0.4, -0.2) is 15.6 Å². The summed E-state index contributed by atoms with van der Waals surface area (Å²) in [4.78, 5) is 15.3. The summed E-state index contributed by atoms with van der Waals surface area (Å²) in [7, 11) is 0. The molecule has 1 aromatic heterocycles. The van der Waals surface area contributed by atoms with E-state index in [-0.39, 0.29) is 6.03 Å². The van der Waals surface area contributed by atoms with Gasteiger partial charge < -0.3 is 5.32 Å². The van der Waals surface area contributed by atoms with Crippen molar-refractivity contribution in [1.29, 1.82) is 0 Å². The molecule has 1 N–H and O–H groups in total. The van der Waals surface area contributed by atoms with Crippen molar-refractivity contribution in [3.8, 4) is 0 Å². The third-order valence-electron chi connectivity index (χ3n) is 1.81. The second-order valence-corrected chi connectivity index (χ2v) is 3.35. The zero-order valence-electron chi connectivity index (χ0n) is 7.72. The Labute approximate surface area is 91.5 Å². The van der Waals surface area contributed by atoms with Gasteiger partial charge in [-0.2, -0.15) is 0 Å². The molecule has 0 aliphatic carbocycles. The molecule has 0 bridgehead atoms. The van der Waals surface area contributed by atoms with E-state index in [1.807, 2.05) is 0 Å². The molecule has 0 saturated carbocycles. The quantitative estimate of drug-likeness (QED) is 0.805. The van der Waals surface area contributed by atoms with E-state index in [1.54, 1.807) is 30.5 Å². The second kappa shape index (κ2) is 4.14. The first-order valence-corrected chi connectivity index (χ1v) is 4.68. The highest BCUT2D eigenvalue weighted by Gasteiger charge is 2.03. The average molecular weight is 222 g/mol. The van der Waals surface area contributed by atoms with Crippen LogP contribution in [0.2, 0.25) is 5.02 Å². The van der Waals surface area contributed by atoms with Crippen molar-refractivity contribution in [1.82, 2.24) is 9.55 Å². The van der Waals surface area contributed by atoms with Crippen molar-refractivity contribution >= 4 is 23.3 Å². The Morgan fingerprint density at radius 3 is 3.00 bits per heavy atom. The Balaban J connectivity index is 2.13. The monoisotopic (exact) mass is 221 g/mol. The van der Waals surface area contributed by atoms with Crippen LogP contribution in [0.5, 0.6) is 0 Å². The smallest absolute Gasteiger partial charge is 0.307 e. The third-order valence-corrected chi connectivity index (χ3v) is 2.05. The molecule has 0 fully saturated rings. The minimum absolute atomic E-state index is 0.269. The maximum Gasteiger partial charge on any atom is 0.331 e. The zero-order valence-corrected chi connectivity index (χ0v) is 8.48.